The molecule has 0 unspecified atom stereocenters. The molecule has 0 saturated heterocycles. The second-order valence-corrected chi connectivity index (χ2v) is 5.09. The summed E-state index contributed by atoms with van der Waals surface area (Å²) in [6, 6.07) is 12.6. The second kappa shape index (κ2) is 8.02. The third kappa shape index (κ3) is 4.75. The Morgan fingerprint density at radius 2 is 1.83 bits per heavy atom. The Kier molecular flexibility index (Phi) is 5.80. The lowest BCUT2D eigenvalue weighted by molar-refractivity contribution is -0.384. The second-order valence-electron chi connectivity index (χ2n) is 4.68. The van der Waals surface area contributed by atoms with Crippen LogP contribution in [0.1, 0.15) is 17.3 Å². The van der Waals surface area contributed by atoms with Gasteiger partial charge in [-0.25, -0.2) is 4.79 Å². The number of carbonyl (C=O) groups is 1. The van der Waals surface area contributed by atoms with E-state index in [0.29, 0.717) is 23.5 Å². The number of hydrogen-bond acceptors (Lipinski definition) is 5. The lowest BCUT2D eigenvalue weighted by Crippen LogP contribution is -2.19. The molecule has 8 heteroatoms. The molecular weight excluding hydrogens is 330 g/mol. The van der Waals surface area contributed by atoms with Crippen LogP contribution in [0.2, 0.25) is 0 Å². The van der Waals surface area contributed by atoms with Crippen molar-refractivity contribution in [1.82, 2.24) is 0 Å². The van der Waals surface area contributed by atoms with Crippen LogP contribution < -0.4 is 10.6 Å². The fourth-order valence-electron chi connectivity index (χ4n) is 1.89. The Bertz CT molecular complexity index is 762. The van der Waals surface area contributed by atoms with Gasteiger partial charge >= 0.3 is 5.97 Å². The summed E-state index contributed by atoms with van der Waals surface area (Å²) in [5.41, 5.74) is 1.59. The van der Waals surface area contributed by atoms with Crippen LogP contribution in [-0.2, 0) is 4.74 Å². The Labute approximate surface area is 143 Å². The van der Waals surface area contributed by atoms with Gasteiger partial charge in [-0.1, -0.05) is 6.07 Å². The molecule has 0 aliphatic carbocycles. The van der Waals surface area contributed by atoms with Gasteiger partial charge in [-0.3, -0.25) is 10.1 Å². The van der Waals surface area contributed by atoms with E-state index in [1.165, 1.54) is 12.1 Å². The molecule has 0 aliphatic rings. The molecule has 0 amide bonds. The average Bonchev–Trinajstić information content (AvgIpc) is 2.55. The summed E-state index contributed by atoms with van der Waals surface area (Å²) in [4.78, 5) is 21.8. The van der Waals surface area contributed by atoms with Gasteiger partial charge in [0.2, 0.25) is 0 Å². The number of esters is 1. The smallest absolute Gasteiger partial charge is 0.338 e. The third-order valence-electron chi connectivity index (χ3n) is 2.97. The van der Waals surface area contributed by atoms with Gasteiger partial charge < -0.3 is 15.4 Å². The van der Waals surface area contributed by atoms with Crippen molar-refractivity contribution in [3.63, 3.8) is 0 Å². The van der Waals surface area contributed by atoms with Crippen LogP contribution in [0.4, 0.5) is 17.1 Å². The first-order valence-electron chi connectivity index (χ1n) is 7.09. The Morgan fingerprint density at radius 1 is 1.17 bits per heavy atom. The van der Waals surface area contributed by atoms with Crippen molar-refractivity contribution < 1.29 is 14.5 Å². The molecule has 2 rings (SSSR count). The summed E-state index contributed by atoms with van der Waals surface area (Å²) in [5.74, 6) is -0.388. The molecule has 0 aromatic heterocycles. The van der Waals surface area contributed by atoms with Crippen LogP contribution in [0.25, 0.3) is 0 Å². The number of hydrogen-bond donors (Lipinski definition) is 2. The van der Waals surface area contributed by atoms with Crippen LogP contribution in [0.3, 0.4) is 0 Å². The van der Waals surface area contributed by atoms with Gasteiger partial charge in [-0.15, -0.1) is 0 Å². The van der Waals surface area contributed by atoms with Gasteiger partial charge in [0.1, 0.15) is 0 Å². The maximum atomic E-state index is 11.6. The van der Waals surface area contributed by atoms with Crippen molar-refractivity contribution in [3.05, 3.63) is 64.2 Å². The van der Waals surface area contributed by atoms with Gasteiger partial charge in [0.25, 0.3) is 5.69 Å². The summed E-state index contributed by atoms with van der Waals surface area (Å²) in [6.45, 7) is 2.06. The lowest BCUT2D eigenvalue weighted by atomic mass is 10.2. The fraction of sp³-hybridized carbons (Fsp3) is 0.125. The minimum Gasteiger partial charge on any atom is -0.462 e. The molecule has 124 valence electrons. The summed E-state index contributed by atoms with van der Waals surface area (Å²) < 4.78 is 4.91. The number of benzene rings is 2. The zero-order valence-corrected chi connectivity index (χ0v) is 13.6. The first kappa shape index (κ1) is 17.4. The predicted molar refractivity (Wildman–Crippen MR) is 95.3 cm³/mol. The van der Waals surface area contributed by atoms with Crippen molar-refractivity contribution in [1.29, 1.82) is 0 Å². The number of non-ortho nitro benzene ring substituents is 1. The number of rotatable bonds is 5. The maximum Gasteiger partial charge on any atom is 0.338 e. The molecule has 0 saturated carbocycles. The minimum atomic E-state index is -0.476. The fourth-order valence-corrected chi connectivity index (χ4v) is 2.13. The molecule has 0 fully saturated rings. The van der Waals surface area contributed by atoms with Crippen molar-refractivity contribution >= 4 is 40.4 Å². The Hall–Kier alpha value is -3.00. The topological polar surface area (TPSA) is 93.5 Å². The first-order valence-corrected chi connectivity index (χ1v) is 7.50. The lowest BCUT2D eigenvalue weighted by Gasteiger charge is -2.11. The monoisotopic (exact) mass is 345 g/mol. The molecule has 24 heavy (non-hydrogen) atoms. The molecule has 2 N–H and O–H groups in total. The zero-order valence-electron chi connectivity index (χ0n) is 12.8. The molecule has 0 aliphatic heterocycles. The highest BCUT2D eigenvalue weighted by atomic mass is 32.1. The highest BCUT2D eigenvalue weighted by Crippen LogP contribution is 2.17. The predicted octanol–water partition coefficient (Wildman–Crippen LogP) is 3.58. The molecule has 0 spiro atoms. The number of nitrogens with zero attached hydrogens (tertiary/aromatic N) is 1. The average molecular weight is 345 g/mol. The normalized spacial score (nSPS) is 9.88. The minimum absolute atomic E-state index is 0.0263. The van der Waals surface area contributed by atoms with E-state index in [1.54, 1.807) is 43.3 Å². The SMILES string of the molecule is CCOC(=O)c1ccc(NC(=S)Nc2cccc([N+](=O)[O-])c2)cc1. The zero-order chi connectivity index (χ0) is 17.5. The first-order chi connectivity index (χ1) is 11.5. The van der Waals surface area contributed by atoms with Crippen LogP contribution in [-0.4, -0.2) is 22.6 Å². The summed E-state index contributed by atoms with van der Waals surface area (Å²) in [7, 11) is 0. The molecule has 0 heterocycles. The molecular formula is C16H15N3O4S. The van der Waals surface area contributed by atoms with E-state index in [-0.39, 0.29) is 16.8 Å². The van der Waals surface area contributed by atoms with E-state index in [0.717, 1.165) is 0 Å². The van der Waals surface area contributed by atoms with E-state index in [4.69, 9.17) is 17.0 Å². The van der Waals surface area contributed by atoms with E-state index in [2.05, 4.69) is 10.6 Å². The quantitative estimate of drug-likeness (QED) is 0.370. The van der Waals surface area contributed by atoms with E-state index in [1.807, 2.05) is 0 Å². The summed E-state index contributed by atoms with van der Waals surface area (Å²) in [6.07, 6.45) is 0. The molecule has 2 aromatic rings. The standard InChI is InChI=1S/C16H15N3O4S/c1-2-23-15(20)11-6-8-12(9-7-11)17-16(24)18-13-4-3-5-14(10-13)19(21)22/h3-10H,2H2,1H3,(H2,17,18,24). The van der Waals surface area contributed by atoms with Crippen LogP contribution in [0.5, 0.6) is 0 Å². The Balaban J connectivity index is 1.98. The van der Waals surface area contributed by atoms with Crippen LogP contribution in [0.15, 0.2) is 48.5 Å². The summed E-state index contributed by atoms with van der Waals surface area (Å²) >= 11 is 5.17. The van der Waals surface area contributed by atoms with Crippen molar-refractivity contribution in [2.24, 2.45) is 0 Å². The molecule has 7 nitrogen and oxygen atoms in total. The van der Waals surface area contributed by atoms with Gasteiger partial charge in [0.15, 0.2) is 5.11 Å². The number of anilines is 2. The summed E-state index contributed by atoms with van der Waals surface area (Å²) in [5, 5.41) is 16.8. The molecule has 2 aromatic carbocycles. The van der Waals surface area contributed by atoms with E-state index >= 15 is 0 Å². The van der Waals surface area contributed by atoms with Crippen molar-refractivity contribution in [2.75, 3.05) is 17.2 Å². The molecule has 0 atom stereocenters. The van der Waals surface area contributed by atoms with E-state index in [9.17, 15) is 14.9 Å². The number of nitro groups is 1. The number of carbonyl (C=O) groups excluding carboxylic acids is 1. The highest BCUT2D eigenvalue weighted by molar-refractivity contribution is 7.80. The van der Waals surface area contributed by atoms with Gasteiger partial charge in [0.05, 0.1) is 17.1 Å². The van der Waals surface area contributed by atoms with Crippen molar-refractivity contribution in [3.8, 4) is 0 Å². The number of ether oxygens (including phenoxy) is 1. The van der Waals surface area contributed by atoms with Crippen LogP contribution in [0, 0.1) is 10.1 Å². The Morgan fingerprint density at radius 3 is 2.46 bits per heavy atom. The van der Waals surface area contributed by atoms with Gasteiger partial charge in [-0.05, 0) is 49.5 Å². The van der Waals surface area contributed by atoms with E-state index < -0.39 is 4.92 Å². The number of nitrogens with one attached hydrogen (secondary N) is 2. The van der Waals surface area contributed by atoms with Crippen molar-refractivity contribution in [2.45, 2.75) is 6.92 Å². The number of thiocarbonyl (C=S) groups is 1. The highest BCUT2D eigenvalue weighted by Gasteiger charge is 2.08. The van der Waals surface area contributed by atoms with Gasteiger partial charge in [-0.2, -0.15) is 0 Å². The molecule has 0 bridgehead atoms. The number of nitro benzene ring substituents is 1. The maximum absolute atomic E-state index is 11.6. The molecule has 0 radical (unpaired) electrons. The van der Waals surface area contributed by atoms with Crippen LogP contribution >= 0.6 is 12.2 Å². The largest absolute Gasteiger partial charge is 0.462 e. The third-order valence-corrected chi connectivity index (χ3v) is 3.17. The van der Waals surface area contributed by atoms with Gasteiger partial charge in [0, 0.05) is 23.5 Å².